The number of hydrogen-bond acceptors (Lipinski definition) is 3. The molecule has 1 heterocycles. The molecule has 2 N–H and O–H groups in total. The van der Waals surface area contributed by atoms with Gasteiger partial charge in [0.2, 0.25) is 0 Å². The third-order valence-corrected chi connectivity index (χ3v) is 5.73. The highest BCUT2D eigenvalue weighted by Crippen LogP contribution is 2.37. The number of halogens is 1. The first-order chi connectivity index (χ1) is 8.53. The van der Waals surface area contributed by atoms with Gasteiger partial charge in [-0.05, 0) is 19.8 Å². The van der Waals surface area contributed by atoms with Crippen LogP contribution in [0.3, 0.4) is 0 Å². The van der Waals surface area contributed by atoms with Crippen LogP contribution in [0, 0.1) is 0 Å². The zero-order valence-electron chi connectivity index (χ0n) is 11.6. The molecule has 2 aliphatic rings. The molecular weight excluding hydrogens is 377 g/mol. The van der Waals surface area contributed by atoms with Crippen molar-refractivity contribution in [1.29, 1.82) is 0 Å². The number of ether oxygens (including phenoxy) is 1. The Kier molecular flexibility index (Phi) is 6.52. The van der Waals surface area contributed by atoms with Crippen LogP contribution in [0.5, 0.6) is 0 Å². The first-order valence-corrected chi connectivity index (χ1v) is 8.09. The van der Waals surface area contributed by atoms with Crippen molar-refractivity contribution in [3.8, 4) is 0 Å². The van der Waals surface area contributed by atoms with E-state index in [1.807, 2.05) is 6.92 Å². The molecule has 0 radical (unpaired) electrons. The first kappa shape index (κ1) is 17.2. The normalized spacial score (nSPS) is 28.2. The maximum Gasteiger partial charge on any atom is 0.191 e. The third kappa shape index (κ3) is 4.04. The van der Waals surface area contributed by atoms with Crippen molar-refractivity contribution in [2.75, 3.05) is 32.5 Å². The number of rotatable bonds is 3. The molecule has 0 amide bonds. The van der Waals surface area contributed by atoms with Gasteiger partial charge in [-0.15, -0.1) is 24.0 Å². The van der Waals surface area contributed by atoms with E-state index in [4.69, 9.17) is 10.5 Å². The van der Waals surface area contributed by atoms with Gasteiger partial charge >= 0.3 is 0 Å². The van der Waals surface area contributed by atoms with E-state index < -0.39 is 10.8 Å². The van der Waals surface area contributed by atoms with E-state index in [1.54, 1.807) is 6.26 Å². The van der Waals surface area contributed by atoms with E-state index in [1.165, 1.54) is 0 Å². The third-order valence-electron chi connectivity index (χ3n) is 3.97. The molecule has 0 aromatic carbocycles. The topological polar surface area (TPSA) is 67.9 Å². The molecule has 5 nitrogen and oxygen atoms in total. The molecule has 0 aromatic heterocycles. The number of hydrogen-bond donors (Lipinski definition) is 1. The summed E-state index contributed by atoms with van der Waals surface area (Å²) in [6.07, 6.45) is 5.15. The quantitative estimate of drug-likeness (QED) is 0.434. The molecule has 0 spiro atoms. The Balaban J connectivity index is 0.00000180. The summed E-state index contributed by atoms with van der Waals surface area (Å²) in [6.45, 7) is 4.91. The average Bonchev–Trinajstić information content (AvgIpc) is 2.26. The van der Waals surface area contributed by atoms with Gasteiger partial charge in [0, 0.05) is 30.1 Å². The van der Waals surface area contributed by atoms with Gasteiger partial charge in [-0.25, -0.2) is 0 Å². The second kappa shape index (κ2) is 7.21. The zero-order chi connectivity index (χ0) is 13.2. The number of nitrogens with zero attached hydrogens (tertiary/aromatic N) is 2. The van der Waals surface area contributed by atoms with Gasteiger partial charge in [0.1, 0.15) is 0 Å². The Morgan fingerprint density at radius 3 is 2.74 bits per heavy atom. The summed E-state index contributed by atoms with van der Waals surface area (Å²) in [5.41, 5.74) is 6.02. The van der Waals surface area contributed by atoms with E-state index in [2.05, 4.69) is 9.89 Å². The monoisotopic (exact) mass is 401 g/mol. The average molecular weight is 401 g/mol. The van der Waals surface area contributed by atoms with Crippen LogP contribution in [0.2, 0.25) is 0 Å². The highest BCUT2D eigenvalue weighted by Gasteiger charge is 2.40. The molecular formula is C12H24IN3O2S. The van der Waals surface area contributed by atoms with Crippen LogP contribution in [0.25, 0.3) is 0 Å². The van der Waals surface area contributed by atoms with Crippen molar-refractivity contribution < 1.29 is 8.95 Å². The Labute approximate surface area is 134 Å². The van der Waals surface area contributed by atoms with E-state index >= 15 is 0 Å². The minimum absolute atomic E-state index is 0. The Morgan fingerprint density at radius 1 is 1.58 bits per heavy atom. The lowest BCUT2D eigenvalue weighted by atomic mass is 9.84. The largest absolute Gasteiger partial charge is 0.375 e. The molecule has 2 fully saturated rings. The van der Waals surface area contributed by atoms with Crippen molar-refractivity contribution in [2.24, 2.45) is 10.7 Å². The van der Waals surface area contributed by atoms with E-state index in [9.17, 15) is 4.21 Å². The zero-order valence-corrected chi connectivity index (χ0v) is 14.8. The summed E-state index contributed by atoms with van der Waals surface area (Å²) in [5, 5.41) is 0. The molecule has 2 rings (SSSR count). The molecule has 1 aliphatic heterocycles. The van der Waals surface area contributed by atoms with Gasteiger partial charge < -0.3 is 15.4 Å². The van der Waals surface area contributed by atoms with Gasteiger partial charge in [-0.3, -0.25) is 9.20 Å². The van der Waals surface area contributed by atoms with Crippen LogP contribution in [0.4, 0.5) is 0 Å². The van der Waals surface area contributed by atoms with Crippen LogP contribution >= 0.6 is 24.0 Å². The molecule has 1 aliphatic carbocycles. The fraction of sp³-hybridized carbons (Fsp3) is 0.917. The number of aliphatic imine (C=N–C) groups is 1. The van der Waals surface area contributed by atoms with Crippen molar-refractivity contribution in [2.45, 2.75) is 37.0 Å². The van der Waals surface area contributed by atoms with Gasteiger partial charge in [-0.1, -0.05) is 6.42 Å². The summed E-state index contributed by atoms with van der Waals surface area (Å²) in [6, 6.07) is 0. The number of nitrogens with two attached hydrogens (primary N) is 1. The van der Waals surface area contributed by atoms with Crippen LogP contribution in [0.15, 0.2) is 4.99 Å². The molecule has 2 atom stereocenters. The van der Waals surface area contributed by atoms with E-state index in [0.717, 1.165) is 32.4 Å². The molecule has 19 heavy (non-hydrogen) atoms. The van der Waals surface area contributed by atoms with Gasteiger partial charge in [-0.2, -0.15) is 0 Å². The standard InChI is InChI=1S/C12H23N3O2S.HI/c1-10-8-15(6-7-17-10)11(13)14-9-12(18(2)16)4-3-5-12;/h10H,3-9H2,1-2H3,(H2,13,14);1H. The highest BCUT2D eigenvalue weighted by molar-refractivity contribution is 14.0. The lowest BCUT2D eigenvalue weighted by Crippen LogP contribution is -2.49. The summed E-state index contributed by atoms with van der Waals surface area (Å²) in [4.78, 5) is 6.52. The lowest BCUT2D eigenvalue weighted by molar-refractivity contribution is 0.00527. The summed E-state index contributed by atoms with van der Waals surface area (Å²) < 4.78 is 17.1. The minimum atomic E-state index is -0.816. The van der Waals surface area contributed by atoms with Crippen LogP contribution in [0.1, 0.15) is 26.2 Å². The van der Waals surface area contributed by atoms with E-state index in [-0.39, 0.29) is 34.8 Å². The van der Waals surface area contributed by atoms with Gasteiger partial charge in [0.15, 0.2) is 5.96 Å². The van der Waals surface area contributed by atoms with Gasteiger partial charge in [0.25, 0.3) is 0 Å². The van der Waals surface area contributed by atoms with Crippen molar-refractivity contribution in [3.63, 3.8) is 0 Å². The molecule has 2 unspecified atom stereocenters. The first-order valence-electron chi connectivity index (χ1n) is 6.53. The lowest BCUT2D eigenvalue weighted by Gasteiger charge is -2.39. The highest BCUT2D eigenvalue weighted by atomic mass is 127. The SMILES string of the molecule is CC1CN(C(N)=NCC2(S(C)=O)CCC2)CCO1.I. The fourth-order valence-corrected chi connectivity index (χ4v) is 3.57. The summed E-state index contributed by atoms with van der Waals surface area (Å²) in [5.74, 6) is 0.571. The summed E-state index contributed by atoms with van der Waals surface area (Å²) in [7, 11) is -0.816. The van der Waals surface area contributed by atoms with Crippen LogP contribution in [-0.4, -0.2) is 58.4 Å². The number of morpholine rings is 1. The van der Waals surface area contributed by atoms with E-state index in [0.29, 0.717) is 19.1 Å². The molecule has 112 valence electrons. The summed E-state index contributed by atoms with van der Waals surface area (Å²) >= 11 is 0. The second-order valence-electron chi connectivity index (χ2n) is 5.29. The molecule has 1 saturated carbocycles. The maximum absolute atomic E-state index is 11.8. The Morgan fingerprint density at radius 2 is 2.26 bits per heavy atom. The maximum atomic E-state index is 11.8. The number of guanidine groups is 1. The molecule has 1 saturated heterocycles. The molecule has 7 heteroatoms. The predicted molar refractivity (Wildman–Crippen MR) is 89.5 cm³/mol. The Bertz CT molecular complexity index is 361. The van der Waals surface area contributed by atoms with Crippen molar-refractivity contribution in [3.05, 3.63) is 0 Å². The Hall–Kier alpha value is 0.110. The molecule has 0 bridgehead atoms. The van der Waals surface area contributed by atoms with Crippen LogP contribution in [-0.2, 0) is 15.5 Å². The van der Waals surface area contributed by atoms with Gasteiger partial charge in [0.05, 0.1) is 24.0 Å². The minimum Gasteiger partial charge on any atom is -0.375 e. The smallest absolute Gasteiger partial charge is 0.191 e. The second-order valence-corrected chi connectivity index (χ2v) is 7.07. The predicted octanol–water partition coefficient (Wildman–Crippen LogP) is 0.941. The fourth-order valence-electron chi connectivity index (χ4n) is 2.46. The van der Waals surface area contributed by atoms with Crippen molar-refractivity contribution >= 4 is 40.7 Å². The molecule has 0 aromatic rings. The van der Waals surface area contributed by atoms with Crippen molar-refractivity contribution in [1.82, 2.24) is 4.90 Å². The van der Waals surface area contributed by atoms with Crippen LogP contribution < -0.4 is 5.73 Å².